The Morgan fingerprint density at radius 2 is 1.96 bits per heavy atom. The first-order valence-electron chi connectivity index (χ1n) is 9.35. The SMILES string of the molecule is CCc1ccc(OC(=O)C2CCC(CCC=CC=C(F)C#N)CC2)cc1. The van der Waals surface area contributed by atoms with Gasteiger partial charge in [0.25, 0.3) is 0 Å². The molecule has 0 spiro atoms. The molecule has 138 valence electrons. The third kappa shape index (κ3) is 6.48. The number of halogens is 1. The van der Waals surface area contributed by atoms with E-state index in [1.807, 2.05) is 30.3 Å². The van der Waals surface area contributed by atoms with Crippen molar-refractivity contribution >= 4 is 5.97 Å². The van der Waals surface area contributed by atoms with Gasteiger partial charge in [-0.15, -0.1) is 0 Å². The molecule has 1 aromatic carbocycles. The molecule has 0 aromatic heterocycles. The molecule has 2 rings (SSSR count). The summed E-state index contributed by atoms with van der Waals surface area (Å²) in [5.74, 6) is 0.309. The lowest BCUT2D eigenvalue weighted by Crippen LogP contribution is -2.25. The van der Waals surface area contributed by atoms with E-state index in [0.717, 1.165) is 44.9 Å². The summed E-state index contributed by atoms with van der Waals surface area (Å²) in [6, 6.07) is 9.14. The maximum Gasteiger partial charge on any atom is 0.314 e. The van der Waals surface area contributed by atoms with Crippen LogP contribution in [0.5, 0.6) is 5.75 Å². The van der Waals surface area contributed by atoms with Crippen LogP contribution in [-0.4, -0.2) is 5.97 Å². The Morgan fingerprint density at radius 1 is 1.27 bits per heavy atom. The number of nitriles is 1. The summed E-state index contributed by atoms with van der Waals surface area (Å²) in [5.41, 5.74) is 1.23. The Bertz CT molecular complexity index is 677. The number of ether oxygens (including phenoxy) is 1. The van der Waals surface area contributed by atoms with Crippen molar-refractivity contribution < 1.29 is 13.9 Å². The van der Waals surface area contributed by atoms with E-state index in [1.54, 1.807) is 6.08 Å². The molecule has 0 atom stereocenters. The van der Waals surface area contributed by atoms with Crippen LogP contribution in [-0.2, 0) is 11.2 Å². The summed E-state index contributed by atoms with van der Waals surface area (Å²) < 4.78 is 18.1. The van der Waals surface area contributed by atoms with E-state index < -0.39 is 5.83 Å². The molecule has 0 saturated heterocycles. The van der Waals surface area contributed by atoms with Crippen LogP contribution in [0.2, 0.25) is 0 Å². The standard InChI is InChI=1S/C22H26FNO2/c1-2-17-10-14-21(15-11-17)26-22(25)19-12-8-18(9-13-19)6-4-3-5-7-20(23)16-24/h3,5,7,10-11,14-15,18-19H,2,4,6,8-9,12-13H2,1H3. The van der Waals surface area contributed by atoms with Gasteiger partial charge < -0.3 is 4.74 Å². The van der Waals surface area contributed by atoms with Crippen LogP contribution in [0.4, 0.5) is 4.39 Å². The van der Waals surface area contributed by atoms with Gasteiger partial charge in [-0.1, -0.05) is 31.2 Å². The van der Waals surface area contributed by atoms with Crippen molar-refractivity contribution in [2.45, 2.75) is 51.9 Å². The average Bonchev–Trinajstić information content (AvgIpc) is 2.68. The molecule has 0 aliphatic heterocycles. The van der Waals surface area contributed by atoms with Crippen molar-refractivity contribution in [3.63, 3.8) is 0 Å². The second kappa shape index (κ2) is 10.6. The topological polar surface area (TPSA) is 50.1 Å². The van der Waals surface area contributed by atoms with Crippen LogP contribution < -0.4 is 4.74 Å². The number of benzene rings is 1. The number of nitrogens with zero attached hydrogens (tertiary/aromatic N) is 1. The summed E-state index contributed by atoms with van der Waals surface area (Å²) >= 11 is 0. The molecule has 0 amide bonds. The third-order valence-corrected chi connectivity index (χ3v) is 4.96. The first-order valence-corrected chi connectivity index (χ1v) is 9.35. The minimum absolute atomic E-state index is 0.0136. The predicted octanol–water partition coefficient (Wildman–Crippen LogP) is 5.67. The van der Waals surface area contributed by atoms with Gasteiger partial charge in [0.1, 0.15) is 11.8 Å². The number of carbonyl (C=O) groups is 1. The minimum atomic E-state index is -0.774. The third-order valence-electron chi connectivity index (χ3n) is 4.96. The van der Waals surface area contributed by atoms with Crippen molar-refractivity contribution in [1.82, 2.24) is 0 Å². The minimum Gasteiger partial charge on any atom is -0.426 e. The number of allylic oxidation sites excluding steroid dienone is 4. The van der Waals surface area contributed by atoms with E-state index in [2.05, 4.69) is 6.92 Å². The fourth-order valence-electron chi connectivity index (χ4n) is 3.30. The zero-order chi connectivity index (χ0) is 18.8. The molecular weight excluding hydrogens is 329 g/mol. The van der Waals surface area contributed by atoms with Gasteiger partial charge in [-0.25, -0.2) is 0 Å². The molecular formula is C22H26FNO2. The zero-order valence-electron chi connectivity index (χ0n) is 15.3. The summed E-state index contributed by atoms with van der Waals surface area (Å²) in [7, 11) is 0. The fourth-order valence-corrected chi connectivity index (χ4v) is 3.30. The van der Waals surface area contributed by atoms with E-state index in [1.165, 1.54) is 17.7 Å². The van der Waals surface area contributed by atoms with Crippen LogP contribution >= 0.6 is 0 Å². The molecule has 1 fully saturated rings. The maximum absolute atomic E-state index is 12.6. The fraction of sp³-hybridized carbons (Fsp3) is 0.455. The number of hydrogen-bond donors (Lipinski definition) is 0. The molecule has 0 radical (unpaired) electrons. The number of rotatable bonds is 7. The van der Waals surface area contributed by atoms with Gasteiger partial charge in [-0.3, -0.25) is 4.79 Å². The van der Waals surface area contributed by atoms with E-state index in [4.69, 9.17) is 10.00 Å². The first kappa shape index (κ1) is 19.9. The lowest BCUT2D eigenvalue weighted by Gasteiger charge is -2.26. The van der Waals surface area contributed by atoms with E-state index in [-0.39, 0.29) is 11.9 Å². The summed E-state index contributed by atoms with van der Waals surface area (Å²) in [6.45, 7) is 2.09. The van der Waals surface area contributed by atoms with Crippen molar-refractivity contribution in [3.8, 4) is 11.8 Å². The van der Waals surface area contributed by atoms with Crippen LogP contribution in [0.15, 0.2) is 48.3 Å². The Hall–Kier alpha value is -2.41. The molecule has 0 bridgehead atoms. The average molecular weight is 355 g/mol. The van der Waals surface area contributed by atoms with Gasteiger partial charge in [0.2, 0.25) is 0 Å². The van der Waals surface area contributed by atoms with Crippen LogP contribution in [0.1, 0.15) is 51.0 Å². The van der Waals surface area contributed by atoms with Crippen LogP contribution in [0, 0.1) is 23.2 Å². The molecule has 1 aromatic rings. The second-order valence-corrected chi connectivity index (χ2v) is 6.77. The van der Waals surface area contributed by atoms with Gasteiger partial charge in [0.05, 0.1) is 5.92 Å². The lowest BCUT2D eigenvalue weighted by atomic mass is 9.80. The molecule has 0 unspecified atom stereocenters. The normalized spacial score (nSPS) is 20.7. The second-order valence-electron chi connectivity index (χ2n) is 6.77. The van der Waals surface area contributed by atoms with Crippen molar-refractivity contribution in [2.24, 2.45) is 11.8 Å². The van der Waals surface area contributed by atoms with Gasteiger partial charge in [-0.05, 0) is 74.6 Å². The van der Waals surface area contributed by atoms with Crippen molar-refractivity contribution in [1.29, 1.82) is 5.26 Å². The number of esters is 1. The molecule has 4 heteroatoms. The van der Waals surface area contributed by atoms with Crippen LogP contribution in [0.3, 0.4) is 0 Å². The highest BCUT2D eigenvalue weighted by molar-refractivity contribution is 5.75. The van der Waals surface area contributed by atoms with Crippen molar-refractivity contribution in [3.05, 3.63) is 53.9 Å². The van der Waals surface area contributed by atoms with Gasteiger partial charge in [0, 0.05) is 0 Å². The van der Waals surface area contributed by atoms with E-state index in [9.17, 15) is 9.18 Å². The van der Waals surface area contributed by atoms with Gasteiger partial charge >= 0.3 is 5.97 Å². The molecule has 3 nitrogen and oxygen atoms in total. The quantitative estimate of drug-likeness (QED) is 0.274. The number of hydrogen-bond acceptors (Lipinski definition) is 3. The Kier molecular flexibility index (Phi) is 8.08. The number of carbonyl (C=O) groups excluding carboxylic acids is 1. The Balaban J connectivity index is 1.70. The van der Waals surface area contributed by atoms with E-state index >= 15 is 0 Å². The zero-order valence-corrected chi connectivity index (χ0v) is 15.3. The summed E-state index contributed by atoms with van der Waals surface area (Å²) in [5, 5.41) is 8.32. The Labute approximate surface area is 155 Å². The molecule has 1 aliphatic carbocycles. The Morgan fingerprint density at radius 3 is 2.58 bits per heavy atom. The summed E-state index contributed by atoms with van der Waals surface area (Å²) in [6.07, 6.45) is 11.3. The van der Waals surface area contributed by atoms with Crippen molar-refractivity contribution in [2.75, 3.05) is 0 Å². The maximum atomic E-state index is 12.6. The van der Waals surface area contributed by atoms with Crippen LogP contribution in [0.25, 0.3) is 0 Å². The molecule has 1 aliphatic rings. The highest BCUT2D eigenvalue weighted by atomic mass is 19.1. The first-order chi connectivity index (χ1) is 12.6. The summed E-state index contributed by atoms with van der Waals surface area (Å²) in [4.78, 5) is 12.3. The number of aryl methyl sites for hydroxylation is 1. The molecule has 0 N–H and O–H groups in total. The predicted molar refractivity (Wildman–Crippen MR) is 100 cm³/mol. The van der Waals surface area contributed by atoms with Gasteiger partial charge in [-0.2, -0.15) is 9.65 Å². The lowest BCUT2D eigenvalue weighted by molar-refractivity contribution is -0.140. The smallest absolute Gasteiger partial charge is 0.314 e. The molecule has 26 heavy (non-hydrogen) atoms. The van der Waals surface area contributed by atoms with Gasteiger partial charge in [0.15, 0.2) is 5.83 Å². The van der Waals surface area contributed by atoms with E-state index in [0.29, 0.717) is 11.7 Å². The largest absolute Gasteiger partial charge is 0.426 e. The molecule has 0 heterocycles. The highest BCUT2D eigenvalue weighted by Gasteiger charge is 2.27. The highest BCUT2D eigenvalue weighted by Crippen LogP contribution is 2.32. The molecule has 1 saturated carbocycles. The monoisotopic (exact) mass is 355 g/mol.